The predicted octanol–water partition coefficient (Wildman–Crippen LogP) is 4.11. The number of hydrogen-bond acceptors (Lipinski definition) is 5. The zero-order valence-electron chi connectivity index (χ0n) is 15.1. The number of hydrogen-bond donors (Lipinski definition) is 2. The minimum atomic E-state index is -0.0793. The van der Waals surface area contributed by atoms with Crippen LogP contribution in [0.3, 0.4) is 0 Å². The van der Waals surface area contributed by atoms with Gasteiger partial charge in [-0.05, 0) is 30.5 Å². The number of thioether (sulfide) groups is 1. The first-order valence-electron chi connectivity index (χ1n) is 8.78. The van der Waals surface area contributed by atoms with E-state index in [0.29, 0.717) is 10.8 Å². The molecule has 0 saturated carbocycles. The third-order valence-corrected chi connectivity index (χ3v) is 5.28. The zero-order chi connectivity index (χ0) is 18.8. The number of aryl methyl sites for hydroxylation is 2. The number of aromatic amines is 1. The molecule has 2 N–H and O–H groups in total. The van der Waals surface area contributed by atoms with Crippen molar-refractivity contribution in [2.24, 2.45) is 0 Å². The topological polar surface area (TPSA) is 83.6 Å². The molecule has 0 aliphatic heterocycles. The van der Waals surface area contributed by atoms with Crippen LogP contribution in [0.5, 0.6) is 0 Å². The summed E-state index contributed by atoms with van der Waals surface area (Å²) in [5.41, 5.74) is 5.49. The maximum atomic E-state index is 12.4. The van der Waals surface area contributed by atoms with E-state index < -0.39 is 0 Å². The van der Waals surface area contributed by atoms with Crippen LogP contribution in [0, 0.1) is 6.92 Å². The Morgan fingerprint density at radius 2 is 2.00 bits per heavy atom. The van der Waals surface area contributed by atoms with E-state index in [-0.39, 0.29) is 11.7 Å². The lowest BCUT2D eigenvalue weighted by Crippen LogP contribution is -2.16. The monoisotopic (exact) mass is 377 g/mol. The molecule has 0 unspecified atom stereocenters. The maximum Gasteiger partial charge on any atom is 0.234 e. The molecule has 27 heavy (non-hydrogen) atoms. The van der Waals surface area contributed by atoms with Crippen molar-refractivity contribution in [3.8, 4) is 0 Å². The number of nitrogens with one attached hydrogen (secondary N) is 2. The summed E-state index contributed by atoms with van der Waals surface area (Å²) in [6.45, 7) is 4.08. The number of nitrogens with zero attached hydrogens (tertiary/aromatic N) is 3. The van der Waals surface area contributed by atoms with Gasteiger partial charge in [0.15, 0.2) is 5.65 Å². The Morgan fingerprint density at radius 1 is 1.15 bits per heavy atom. The summed E-state index contributed by atoms with van der Waals surface area (Å²) < 4.78 is 0. The zero-order valence-corrected chi connectivity index (χ0v) is 15.9. The molecular formula is C20H19N5OS. The smallest absolute Gasteiger partial charge is 0.234 e. The summed E-state index contributed by atoms with van der Waals surface area (Å²) in [5.74, 6) is 0.148. The number of fused-ring (bicyclic) bond motifs is 3. The molecule has 6 nitrogen and oxygen atoms in total. The minimum absolute atomic E-state index is 0.0793. The Morgan fingerprint density at radius 3 is 2.85 bits per heavy atom. The van der Waals surface area contributed by atoms with E-state index in [9.17, 15) is 4.79 Å². The predicted molar refractivity (Wildman–Crippen MR) is 109 cm³/mol. The molecule has 2 aromatic heterocycles. The van der Waals surface area contributed by atoms with E-state index in [2.05, 4.69) is 32.4 Å². The third kappa shape index (κ3) is 3.50. The Balaban J connectivity index is 1.48. The molecule has 136 valence electrons. The number of carbonyl (C=O) groups is 1. The lowest BCUT2D eigenvalue weighted by Gasteiger charge is -2.12. The fraction of sp³-hybridized carbons (Fsp3) is 0.200. The fourth-order valence-electron chi connectivity index (χ4n) is 3.07. The van der Waals surface area contributed by atoms with Gasteiger partial charge >= 0.3 is 0 Å². The van der Waals surface area contributed by atoms with Crippen LogP contribution < -0.4 is 5.32 Å². The first-order chi connectivity index (χ1) is 13.2. The van der Waals surface area contributed by atoms with Crippen molar-refractivity contribution in [3.63, 3.8) is 0 Å². The second-order valence-corrected chi connectivity index (χ2v) is 7.20. The first kappa shape index (κ1) is 17.5. The van der Waals surface area contributed by atoms with Crippen LogP contribution >= 0.6 is 11.8 Å². The van der Waals surface area contributed by atoms with Gasteiger partial charge in [0, 0.05) is 16.6 Å². The number of H-pyrrole nitrogens is 1. The molecule has 0 aliphatic rings. The molecule has 0 spiro atoms. The highest BCUT2D eigenvalue weighted by Crippen LogP contribution is 2.24. The number of amides is 1. The SMILES string of the molecule is CCc1cccc(C)c1NC(=O)CSc1nnc2c(n1)[nH]c1ccccc12. The van der Waals surface area contributed by atoms with Gasteiger partial charge in [0.1, 0.15) is 5.52 Å². The van der Waals surface area contributed by atoms with Crippen LogP contribution in [0.2, 0.25) is 0 Å². The summed E-state index contributed by atoms with van der Waals surface area (Å²) in [4.78, 5) is 20.1. The summed E-state index contributed by atoms with van der Waals surface area (Å²) in [6.07, 6.45) is 0.870. The Labute approximate surface area is 160 Å². The van der Waals surface area contributed by atoms with Crippen molar-refractivity contribution in [1.29, 1.82) is 0 Å². The van der Waals surface area contributed by atoms with E-state index in [1.165, 1.54) is 11.8 Å². The van der Waals surface area contributed by atoms with Crippen molar-refractivity contribution in [2.45, 2.75) is 25.4 Å². The Kier molecular flexibility index (Phi) is 4.77. The average Bonchev–Trinajstić information content (AvgIpc) is 3.05. The molecular weight excluding hydrogens is 358 g/mol. The molecule has 2 heterocycles. The second kappa shape index (κ2) is 7.36. The summed E-state index contributed by atoms with van der Waals surface area (Å²) in [6, 6.07) is 13.9. The van der Waals surface area contributed by atoms with Gasteiger partial charge in [-0.2, -0.15) is 0 Å². The Bertz CT molecular complexity index is 1140. The highest BCUT2D eigenvalue weighted by molar-refractivity contribution is 7.99. The van der Waals surface area contributed by atoms with Gasteiger partial charge in [-0.25, -0.2) is 4.98 Å². The molecule has 0 aliphatic carbocycles. The molecule has 0 atom stereocenters. The van der Waals surface area contributed by atoms with Crippen LogP contribution in [0.1, 0.15) is 18.1 Å². The standard InChI is InChI=1S/C20H19N5OS/c1-3-13-8-6-7-12(2)17(13)22-16(26)11-27-20-23-19-18(24-25-20)14-9-4-5-10-15(14)21-19/h4-10H,3,11H2,1-2H3,(H,22,26)(H,21,23,25). The van der Waals surface area contributed by atoms with Crippen LogP contribution in [-0.2, 0) is 11.2 Å². The van der Waals surface area contributed by atoms with Crippen LogP contribution in [0.25, 0.3) is 22.1 Å². The lowest BCUT2D eigenvalue weighted by atomic mass is 10.1. The van der Waals surface area contributed by atoms with Gasteiger partial charge in [-0.15, -0.1) is 10.2 Å². The van der Waals surface area contributed by atoms with E-state index in [4.69, 9.17) is 0 Å². The van der Waals surface area contributed by atoms with E-state index in [1.807, 2.05) is 49.4 Å². The summed E-state index contributed by atoms with van der Waals surface area (Å²) in [5, 5.41) is 12.9. The van der Waals surface area contributed by atoms with Gasteiger partial charge in [0.2, 0.25) is 11.1 Å². The molecule has 2 aromatic carbocycles. The number of anilines is 1. The molecule has 0 fully saturated rings. The first-order valence-corrected chi connectivity index (χ1v) is 9.76. The van der Waals surface area contributed by atoms with E-state index in [0.717, 1.165) is 39.7 Å². The number of rotatable bonds is 5. The molecule has 0 radical (unpaired) electrons. The van der Waals surface area contributed by atoms with Crippen molar-refractivity contribution in [2.75, 3.05) is 11.1 Å². The van der Waals surface area contributed by atoms with Crippen LogP contribution in [0.15, 0.2) is 47.6 Å². The van der Waals surface area contributed by atoms with Gasteiger partial charge in [-0.3, -0.25) is 4.79 Å². The summed E-state index contributed by atoms with van der Waals surface area (Å²) >= 11 is 1.28. The van der Waals surface area contributed by atoms with Crippen LogP contribution in [0.4, 0.5) is 5.69 Å². The van der Waals surface area contributed by atoms with Crippen molar-refractivity contribution >= 4 is 45.4 Å². The molecule has 0 saturated heterocycles. The van der Waals surface area contributed by atoms with E-state index >= 15 is 0 Å². The fourth-order valence-corrected chi connectivity index (χ4v) is 3.66. The third-order valence-electron chi connectivity index (χ3n) is 4.44. The largest absolute Gasteiger partial charge is 0.338 e. The average molecular weight is 377 g/mol. The second-order valence-electron chi connectivity index (χ2n) is 6.26. The van der Waals surface area contributed by atoms with Crippen molar-refractivity contribution in [1.82, 2.24) is 20.2 Å². The van der Waals surface area contributed by atoms with Gasteiger partial charge in [0.05, 0.1) is 5.75 Å². The van der Waals surface area contributed by atoms with Gasteiger partial charge in [0.25, 0.3) is 0 Å². The number of benzene rings is 2. The molecule has 4 rings (SSSR count). The summed E-state index contributed by atoms with van der Waals surface area (Å²) in [7, 11) is 0. The molecule has 0 bridgehead atoms. The Hall–Kier alpha value is -2.93. The minimum Gasteiger partial charge on any atom is -0.338 e. The van der Waals surface area contributed by atoms with Gasteiger partial charge < -0.3 is 10.3 Å². The highest BCUT2D eigenvalue weighted by Gasteiger charge is 2.12. The normalized spacial score (nSPS) is 11.2. The maximum absolute atomic E-state index is 12.4. The lowest BCUT2D eigenvalue weighted by molar-refractivity contribution is -0.113. The van der Waals surface area contributed by atoms with Gasteiger partial charge in [-0.1, -0.05) is 55.1 Å². The number of para-hydroxylation sites is 2. The molecule has 4 aromatic rings. The number of aromatic nitrogens is 4. The van der Waals surface area contributed by atoms with Crippen molar-refractivity contribution < 1.29 is 4.79 Å². The molecule has 7 heteroatoms. The number of carbonyl (C=O) groups excluding carboxylic acids is 1. The highest BCUT2D eigenvalue weighted by atomic mass is 32.2. The van der Waals surface area contributed by atoms with E-state index in [1.54, 1.807) is 0 Å². The van der Waals surface area contributed by atoms with Crippen LogP contribution in [-0.4, -0.2) is 31.8 Å². The van der Waals surface area contributed by atoms with Crippen molar-refractivity contribution in [3.05, 3.63) is 53.6 Å². The quantitative estimate of drug-likeness (QED) is 0.512. The molecule has 1 amide bonds.